The van der Waals surface area contributed by atoms with E-state index in [-0.39, 0.29) is 6.10 Å². The van der Waals surface area contributed by atoms with E-state index in [4.69, 9.17) is 0 Å². The minimum Gasteiger partial charge on any atom is -0.393 e. The molecule has 1 saturated carbocycles. The first-order chi connectivity index (χ1) is 8.17. The number of aliphatic hydroxyl groups is 2. The van der Waals surface area contributed by atoms with Crippen molar-refractivity contribution in [2.45, 2.75) is 37.4 Å². The predicted molar refractivity (Wildman–Crippen MR) is 70.2 cm³/mol. The molecule has 90 valence electrons. The van der Waals surface area contributed by atoms with Gasteiger partial charge in [-0.3, -0.25) is 0 Å². The van der Waals surface area contributed by atoms with Crippen LogP contribution < -0.4 is 0 Å². The van der Waals surface area contributed by atoms with E-state index in [1.54, 1.807) is 11.3 Å². The number of fused-ring (bicyclic) bond motifs is 1. The van der Waals surface area contributed by atoms with Crippen molar-refractivity contribution in [1.29, 1.82) is 0 Å². The van der Waals surface area contributed by atoms with Crippen LogP contribution in [0.25, 0.3) is 10.1 Å². The number of benzene rings is 1. The summed E-state index contributed by atoms with van der Waals surface area (Å²) in [5, 5.41) is 21.6. The molecular formula is C14H16O2S. The van der Waals surface area contributed by atoms with Crippen LogP contribution in [0, 0.1) is 0 Å². The summed E-state index contributed by atoms with van der Waals surface area (Å²) in [6, 6.07) is 10.2. The van der Waals surface area contributed by atoms with Crippen molar-refractivity contribution in [3.8, 4) is 0 Å². The molecule has 0 aliphatic heterocycles. The van der Waals surface area contributed by atoms with Gasteiger partial charge in [0.15, 0.2) is 0 Å². The van der Waals surface area contributed by atoms with Gasteiger partial charge in [0.1, 0.15) is 5.60 Å². The van der Waals surface area contributed by atoms with Gasteiger partial charge in [-0.25, -0.2) is 0 Å². The molecule has 0 saturated heterocycles. The second kappa shape index (κ2) is 4.09. The van der Waals surface area contributed by atoms with Gasteiger partial charge in [-0.2, -0.15) is 0 Å². The highest BCUT2D eigenvalue weighted by atomic mass is 32.1. The largest absolute Gasteiger partial charge is 0.393 e. The molecular weight excluding hydrogens is 232 g/mol. The Morgan fingerprint density at radius 1 is 1.29 bits per heavy atom. The molecule has 1 aromatic heterocycles. The maximum atomic E-state index is 10.7. The van der Waals surface area contributed by atoms with E-state index >= 15 is 0 Å². The summed E-state index contributed by atoms with van der Waals surface area (Å²) in [6.45, 7) is 0. The van der Waals surface area contributed by atoms with Crippen LogP contribution >= 0.6 is 11.3 Å². The molecule has 2 aromatic rings. The van der Waals surface area contributed by atoms with E-state index < -0.39 is 5.60 Å². The Hall–Kier alpha value is -0.900. The third-order valence-corrected chi connectivity index (χ3v) is 4.89. The number of hydrogen-bond acceptors (Lipinski definition) is 3. The summed E-state index contributed by atoms with van der Waals surface area (Å²) >= 11 is 1.64. The van der Waals surface area contributed by atoms with Gasteiger partial charge in [0, 0.05) is 16.0 Å². The molecule has 3 rings (SSSR count). The molecule has 1 aliphatic carbocycles. The monoisotopic (exact) mass is 248 g/mol. The summed E-state index contributed by atoms with van der Waals surface area (Å²) in [5.74, 6) is 0. The van der Waals surface area contributed by atoms with Crippen LogP contribution in [-0.4, -0.2) is 16.3 Å². The van der Waals surface area contributed by atoms with Gasteiger partial charge in [0.25, 0.3) is 0 Å². The van der Waals surface area contributed by atoms with Gasteiger partial charge in [-0.1, -0.05) is 18.2 Å². The highest BCUT2D eigenvalue weighted by molar-refractivity contribution is 7.19. The Morgan fingerprint density at radius 3 is 2.88 bits per heavy atom. The summed E-state index contributed by atoms with van der Waals surface area (Å²) in [4.78, 5) is 0.998. The van der Waals surface area contributed by atoms with Crippen molar-refractivity contribution in [2.75, 3.05) is 0 Å². The van der Waals surface area contributed by atoms with E-state index in [0.717, 1.165) is 24.1 Å². The molecule has 0 spiro atoms. The lowest BCUT2D eigenvalue weighted by Crippen LogP contribution is -2.34. The summed E-state index contributed by atoms with van der Waals surface area (Å²) in [6.07, 6.45) is 2.58. The van der Waals surface area contributed by atoms with Crippen molar-refractivity contribution in [3.63, 3.8) is 0 Å². The van der Waals surface area contributed by atoms with Crippen molar-refractivity contribution < 1.29 is 10.2 Å². The van der Waals surface area contributed by atoms with Gasteiger partial charge >= 0.3 is 0 Å². The fourth-order valence-corrected chi connectivity index (χ4v) is 3.85. The van der Waals surface area contributed by atoms with E-state index in [9.17, 15) is 10.2 Å². The molecule has 3 heteroatoms. The van der Waals surface area contributed by atoms with E-state index in [0.29, 0.717) is 6.42 Å². The third-order valence-electron chi connectivity index (χ3n) is 3.59. The molecule has 1 aromatic carbocycles. The molecule has 2 nitrogen and oxygen atoms in total. The van der Waals surface area contributed by atoms with Crippen molar-refractivity contribution >= 4 is 21.4 Å². The first-order valence-corrected chi connectivity index (χ1v) is 6.88. The lowest BCUT2D eigenvalue weighted by atomic mass is 9.82. The van der Waals surface area contributed by atoms with Crippen molar-refractivity contribution in [2.24, 2.45) is 0 Å². The van der Waals surface area contributed by atoms with Crippen LogP contribution in [0.3, 0.4) is 0 Å². The molecule has 2 N–H and O–H groups in total. The van der Waals surface area contributed by atoms with Gasteiger partial charge in [-0.15, -0.1) is 11.3 Å². The minimum absolute atomic E-state index is 0.362. The zero-order valence-corrected chi connectivity index (χ0v) is 10.4. The summed E-state index contributed by atoms with van der Waals surface area (Å²) in [7, 11) is 0. The lowest BCUT2D eigenvalue weighted by molar-refractivity contribution is -0.0472. The van der Waals surface area contributed by atoms with Crippen LogP contribution in [0.15, 0.2) is 30.3 Å². The van der Waals surface area contributed by atoms with Crippen molar-refractivity contribution in [3.05, 3.63) is 35.2 Å². The average molecular weight is 248 g/mol. The Morgan fingerprint density at radius 2 is 2.12 bits per heavy atom. The zero-order valence-electron chi connectivity index (χ0n) is 9.60. The molecule has 0 amide bonds. The molecule has 1 aliphatic rings. The first kappa shape index (κ1) is 11.2. The minimum atomic E-state index is -0.818. The molecule has 2 atom stereocenters. The molecule has 0 unspecified atom stereocenters. The van der Waals surface area contributed by atoms with Crippen LogP contribution in [0.2, 0.25) is 0 Å². The fourth-order valence-electron chi connectivity index (χ4n) is 2.66. The van der Waals surface area contributed by atoms with E-state index in [1.807, 2.05) is 12.1 Å². The number of aliphatic hydroxyl groups excluding tert-OH is 1. The van der Waals surface area contributed by atoms with Crippen LogP contribution in [0.5, 0.6) is 0 Å². The van der Waals surface area contributed by atoms with Gasteiger partial charge < -0.3 is 10.2 Å². The molecule has 17 heavy (non-hydrogen) atoms. The SMILES string of the molecule is O[C@@H]1CCC[C@](O)(c2cc3ccccc3s2)C1. The molecule has 1 heterocycles. The quantitative estimate of drug-likeness (QED) is 0.814. The zero-order chi connectivity index (χ0) is 11.9. The smallest absolute Gasteiger partial charge is 0.101 e. The highest BCUT2D eigenvalue weighted by Gasteiger charge is 2.36. The van der Waals surface area contributed by atoms with Gasteiger partial charge in [-0.05, 0) is 36.8 Å². The topological polar surface area (TPSA) is 40.5 Å². The first-order valence-electron chi connectivity index (χ1n) is 6.07. The van der Waals surface area contributed by atoms with Crippen LogP contribution in [-0.2, 0) is 5.60 Å². The van der Waals surface area contributed by atoms with Gasteiger partial charge in [0.05, 0.1) is 6.10 Å². The molecule has 0 bridgehead atoms. The Labute approximate surface area is 105 Å². The van der Waals surface area contributed by atoms with E-state index in [2.05, 4.69) is 18.2 Å². The maximum absolute atomic E-state index is 10.7. The Kier molecular flexibility index (Phi) is 2.69. The second-order valence-electron chi connectivity index (χ2n) is 4.93. The van der Waals surface area contributed by atoms with Crippen molar-refractivity contribution in [1.82, 2.24) is 0 Å². The highest BCUT2D eigenvalue weighted by Crippen LogP contribution is 2.42. The number of thiophene rings is 1. The number of rotatable bonds is 1. The van der Waals surface area contributed by atoms with Crippen LogP contribution in [0.1, 0.15) is 30.6 Å². The molecule has 0 radical (unpaired) electrons. The normalized spacial score (nSPS) is 29.6. The summed E-state index contributed by atoms with van der Waals surface area (Å²) in [5.41, 5.74) is -0.818. The van der Waals surface area contributed by atoms with E-state index in [1.165, 1.54) is 10.1 Å². The summed E-state index contributed by atoms with van der Waals surface area (Å²) < 4.78 is 1.20. The Bertz CT molecular complexity index is 501. The number of hydrogen-bond donors (Lipinski definition) is 2. The second-order valence-corrected chi connectivity index (χ2v) is 6.01. The maximum Gasteiger partial charge on any atom is 0.101 e. The van der Waals surface area contributed by atoms with Crippen LogP contribution in [0.4, 0.5) is 0 Å². The van der Waals surface area contributed by atoms with Gasteiger partial charge in [0.2, 0.25) is 0 Å². The third kappa shape index (κ3) is 1.99. The standard InChI is InChI=1S/C14H16O2S/c15-11-5-3-7-14(16,9-11)13-8-10-4-1-2-6-12(10)17-13/h1-2,4,6,8,11,15-16H,3,5,7,9H2/t11-,14-/m1/s1. The Balaban J connectivity index is 2.02. The lowest BCUT2D eigenvalue weighted by Gasteiger charge is -2.33. The average Bonchev–Trinajstić information content (AvgIpc) is 2.73. The predicted octanol–water partition coefficient (Wildman–Crippen LogP) is 3.02. The fraction of sp³-hybridized carbons (Fsp3) is 0.429. The molecule has 1 fully saturated rings.